The molecule has 2 aromatic rings. The number of nitrogens with one attached hydrogen (secondary N) is 1. The second kappa shape index (κ2) is 6.27. The van der Waals surface area contributed by atoms with Gasteiger partial charge >= 0.3 is 5.97 Å². The Kier molecular flexibility index (Phi) is 4.20. The van der Waals surface area contributed by atoms with Gasteiger partial charge in [0.15, 0.2) is 0 Å². The van der Waals surface area contributed by atoms with Gasteiger partial charge in [0.2, 0.25) is 5.91 Å². The molecule has 3 rings (SSSR count). The van der Waals surface area contributed by atoms with Crippen LogP contribution in [0.25, 0.3) is 0 Å². The highest BCUT2D eigenvalue weighted by atomic mass is 32.1. The second-order valence-corrected chi connectivity index (χ2v) is 6.16. The lowest BCUT2D eigenvalue weighted by atomic mass is 9.90. The number of aromatic nitrogens is 1. The topological polar surface area (TPSA) is 68.3 Å². The molecule has 1 atom stereocenters. The first-order valence-electron chi connectivity index (χ1n) is 7.08. The largest absolute Gasteiger partial charge is 0.465 e. The number of amides is 1. The number of thiazole rings is 1. The minimum atomic E-state index is -0.386. The van der Waals surface area contributed by atoms with Crippen LogP contribution in [-0.4, -0.2) is 24.0 Å². The highest BCUT2D eigenvalue weighted by molar-refractivity contribution is 7.09. The van der Waals surface area contributed by atoms with Crippen LogP contribution < -0.4 is 5.32 Å². The summed E-state index contributed by atoms with van der Waals surface area (Å²) in [4.78, 5) is 29.3. The van der Waals surface area contributed by atoms with Crippen molar-refractivity contribution in [1.82, 2.24) is 4.98 Å². The summed E-state index contributed by atoms with van der Waals surface area (Å²) in [5, 5.41) is 2.91. The summed E-state index contributed by atoms with van der Waals surface area (Å²) in [6.07, 6.45) is 2.44. The van der Waals surface area contributed by atoms with Gasteiger partial charge in [0.25, 0.3) is 0 Å². The zero-order valence-corrected chi connectivity index (χ0v) is 13.0. The molecule has 5 nitrogen and oxygen atoms in total. The SMILES string of the molecule is COC(=O)c1ccc(NC(=O)C2CCc3ncsc3C2)cc1. The van der Waals surface area contributed by atoms with Gasteiger partial charge in [-0.2, -0.15) is 0 Å². The van der Waals surface area contributed by atoms with Crippen molar-refractivity contribution in [2.45, 2.75) is 19.3 Å². The highest BCUT2D eigenvalue weighted by Crippen LogP contribution is 2.28. The van der Waals surface area contributed by atoms with E-state index >= 15 is 0 Å². The standard InChI is InChI=1S/C16H16N2O3S/c1-21-16(20)10-2-5-12(6-3-10)18-15(19)11-4-7-13-14(8-11)22-9-17-13/h2-3,5-6,9,11H,4,7-8H2,1H3,(H,18,19). The normalized spacial score (nSPS) is 16.7. The Morgan fingerprint density at radius 3 is 2.82 bits per heavy atom. The lowest BCUT2D eigenvalue weighted by Gasteiger charge is -2.20. The van der Waals surface area contributed by atoms with E-state index in [0.717, 1.165) is 25.0 Å². The summed E-state index contributed by atoms with van der Waals surface area (Å²) >= 11 is 1.62. The molecule has 1 heterocycles. The van der Waals surface area contributed by atoms with E-state index in [1.54, 1.807) is 35.6 Å². The Labute approximate surface area is 132 Å². The van der Waals surface area contributed by atoms with Gasteiger partial charge in [-0.3, -0.25) is 4.79 Å². The van der Waals surface area contributed by atoms with E-state index in [9.17, 15) is 9.59 Å². The molecule has 1 N–H and O–H groups in total. The number of carbonyl (C=O) groups excluding carboxylic acids is 2. The lowest BCUT2D eigenvalue weighted by molar-refractivity contribution is -0.120. The molecule has 0 spiro atoms. The van der Waals surface area contributed by atoms with Gasteiger partial charge < -0.3 is 10.1 Å². The molecule has 1 amide bonds. The molecule has 0 bridgehead atoms. The number of ether oxygens (including phenoxy) is 1. The number of hydrogen-bond acceptors (Lipinski definition) is 5. The molecule has 1 aliphatic rings. The number of aryl methyl sites for hydroxylation is 1. The zero-order valence-electron chi connectivity index (χ0n) is 12.2. The maximum absolute atomic E-state index is 12.4. The molecular formula is C16H16N2O3S. The van der Waals surface area contributed by atoms with Gasteiger partial charge in [-0.25, -0.2) is 9.78 Å². The third-order valence-electron chi connectivity index (χ3n) is 3.83. The monoisotopic (exact) mass is 316 g/mol. The third-order valence-corrected chi connectivity index (χ3v) is 4.73. The first kappa shape index (κ1) is 14.7. The summed E-state index contributed by atoms with van der Waals surface area (Å²) in [7, 11) is 1.34. The average Bonchev–Trinajstić information content (AvgIpc) is 3.02. The Balaban J connectivity index is 1.64. The maximum atomic E-state index is 12.4. The quantitative estimate of drug-likeness (QED) is 0.884. The molecule has 6 heteroatoms. The van der Waals surface area contributed by atoms with E-state index in [0.29, 0.717) is 11.3 Å². The van der Waals surface area contributed by atoms with E-state index in [4.69, 9.17) is 0 Å². The predicted molar refractivity (Wildman–Crippen MR) is 84.0 cm³/mol. The number of carbonyl (C=O) groups is 2. The zero-order chi connectivity index (χ0) is 15.5. The molecule has 0 aliphatic heterocycles. The number of anilines is 1. The van der Waals surface area contributed by atoms with Gasteiger partial charge in [0.1, 0.15) is 0 Å². The van der Waals surface area contributed by atoms with Crippen LogP contribution in [0.15, 0.2) is 29.8 Å². The first-order valence-corrected chi connectivity index (χ1v) is 7.96. The van der Waals surface area contributed by atoms with Crippen molar-refractivity contribution in [3.05, 3.63) is 45.9 Å². The summed E-state index contributed by atoms with van der Waals surface area (Å²) in [6.45, 7) is 0. The first-order chi connectivity index (χ1) is 10.7. The number of fused-ring (bicyclic) bond motifs is 1. The molecule has 0 radical (unpaired) electrons. The van der Waals surface area contributed by atoms with Crippen molar-refractivity contribution in [3.8, 4) is 0 Å². The molecule has 114 valence electrons. The van der Waals surface area contributed by atoms with Crippen molar-refractivity contribution in [2.24, 2.45) is 5.92 Å². The van der Waals surface area contributed by atoms with Crippen LogP contribution in [0.4, 0.5) is 5.69 Å². The lowest BCUT2D eigenvalue weighted by Crippen LogP contribution is -2.27. The van der Waals surface area contributed by atoms with Crippen LogP contribution in [0, 0.1) is 5.92 Å². The van der Waals surface area contributed by atoms with Gasteiger partial charge in [-0.1, -0.05) is 0 Å². The van der Waals surface area contributed by atoms with Crippen LogP contribution in [0.1, 0.15) is 27.3 Å². The predicted octanol–water partition coefficient (Wildman–Crippen LogP) is 2.67. The molecule has 0 fully saturated rings. The van der Waals surface area contributed by atoms with Crippen molar-refractivity contribution < 1.29 is 14.3 Å². The number of esters is 1. The van der Waals surface area contributed by atoms with Crippen LogP contribution in [0.5, 0.6) is 0 Å². The van der Waals surface area contributed by atoms with Crippen LogP contribution >= 0.6 is 11.3 Å². The maximum Gasteiger partial charge on any atom is 0.337 e. The van der Waals surface area contributed by atoms with E-state index in [1.165, 1.54) is 12.0 Å². The Bertz CT molecular complexity index is 694. The van der Waals surface area contributed by atoms with E-state index < -0.39 is 0 Å². The fourth-order valence-corrected chi connectivity index (χ4v) is 3.47. The van der Waals surface area contributed by atoms with Gasteiger partial charge in [0, 0.05) is 16.5 Å². The minimum absolute atomic E-state index is 0.0184. The van der Waals surface area contributed by atoms with E-state index in [2.05, 4.69) is 15.0 Å². The fraction of sp³-hybridized carbons (Fsp3) is 0.312. The number of benzene rings is 1. The summed E-state index contributed by atoms with van der Waals surface area (Å²) in [5.41, 5.74) is 4.13. The Morgan fingerprint density at radius 2 is 2.09 bits per heavy atom. The second-order valence-electron chi connectivity index (χ2n) is 5.22. The smallest absolute Gasteiger partial charge is 0.337 e. The molecule has 0 saturated heterocycles. The Morgan fingerprint density at radius 1 is 1.32 bits per heavy atom. The van der Waals surface area contributed by atoms with Crippen molar-refractivity contribution >= 4 is 28.9 Å². The molecule has 1 aliphatic carbocycles. The number of rotatable bonds is 3. The van der Waals surface area contributed by atoms with Crippen molar-refractivity contribution in [1.29, 1.82) is 0 Å². The van der Waals surface area contributed by atoms with Crippen LogP contribution in [0.3, 0.4) is 0 Å². The molecule has 0 saturated carbocycles. The molecule has 1 aromatic heterocycles. The van der Waals surface area contributed by atoms with Crippen LogP contribution in [-0.2, 0) is 22.4 Å². The van der Waals surface area contributed by atoms with Gasteiger partial charge in [-0.15, -0.1) is 11.3 Å². The third kappa shape index (κ3) is 3.01. The summed E-state index contributed by atoms with van der Waals surface area (Å²) < 4.78 is 4.65. The average molecular weight is 316 g/mol. The number of methoxy groups -OCH3 is 1. The number of nitrogens with zero attached hydrogens (tertiary/aromatic N) is 1. The molecular weight excluding hydrogens is 300 g/mol. The van der Waals surface area contributed by atoms with Crippen molar-refractivity contribution in [2.75, 3.05) is 12.4 Å². The summed E-state index contributed by atoms with van der Waals surface area (Å²) in [6, 6.07) is 6.71. The molecule has 1 unspecified atom stereocenters. The van der Waals surface area contributed by atoms with Gasteiger partial charge in [-0.05, 0) is 43.5 Å². The Hall–Kier alpha value is -2.21. The van der Waals surface area contributed by atoms with E-state index in [1.807, 2.05) is 5.51 Å². The van der Waals surface area contributed by atoms with Gasteiger partial charge in [0.05, 0.1) is 23.9 Å². The summed E-state index contributed by atoms with van der Waals surface area (Å²) in [5.74, 6) is -0.388. The van der Waals surface area contributed by atoms with Crippen LogP contribution in [0.2, 0.25) is 0 Å². The highest BCUT2D eigenvalue weighted by Gasteiger charge is 2.26. The van der Waals surface area contributed by atoms with E-state index in [-0.39, 0.29) is 17.8 Å². The molecule has 1 aromatic carbocycles. The fourth-order valence-electron chi connectivity index (χ4n) is 2.58. The number of hydrogen-bond donors (Lipinski definition) is 1. The minimum Gasteiger partial charge on any atom is -0.465 e. The van der Waals surface area contributed by atoms with Crippen molar-refractivity contribution in [3.63, 3.8) is 0 Å². The molecule has 22 heavy (non-hydrogen) atoms.